The van der Waals surface area contributed by atoms with Crippen molar-refractivity contribution in [2.24, 2.45) is 0 Å². The van der Waals surface area contributed by atoms with E-state index in [1.54, 1.807) is 30.5 Å². The third-order valence-electron chi connectivity index (χ3n) is 5.22. The van der Waals surface area contributed by atoms with Gasteiger partial charge in [-0.2, -0.15) is 33.7 Å². The minimum Gasteiger partial charge on any atom is -0.337 e. The molecule has 1 aromatic heterocycles. The van der Waals surface area contributed by atoms with Gasteiger partial charge in [0.25, 0.3) is 5.92 Å². The summed E-state index contributed by atoms with van der Waals surface area (Å²) in [7, 11) is 0. The van der Waals surface area contributed by atoms with Crippen LogP contribution in [-0.2, 0) is 22.7 Å². The Morgan fingerprint density at radius 1 is 1.17 bits per heavy atom. The highest BCUT2D eigenvalue weighted by Crippen LogP contribution is 2.45. The Hall–Kier alpha value is -1.88. The highest BCUT2D eigenvalue weighted by molar-refractivity contribution is 8.00. The van der Waals surface area contributed by atoms with E-state index in [0.717, 1.165) is 11.8 Å². The molecule has 1 saturated heterocycles. The van der Waals surface area contributed by atoms with Crippen LogP contribution in [0.3, 0.4) is 0 Å². The molecule has 0 saturated carbocycles. The molecule has 11 heteroatoms. The van der Waals surface area contributed by atoms with E-state index in [0.29, 0.717) is 33.9 Å². The number of carbonyl (C=O) groups is 1. The first-order valence-corrected chi connectivity index (χ1v) is 11.3. The molecule has 2 aromatic rings. The lowest BCUT2D eigenvalue weighted by Crippen LogP contribution is -2.58. The lowest BCUT2D eigenvalue weighted by Gasteiger charge is -2.42. The molecule has 4 nitrogen and oxygen atoms in total. The zero-order valence-electron chi connectivity index (χ0n) is 15.6. The number of nitrogens with one attached hydrogen (secondary N) is 1. The van der Waals surface area contributed by atoms with E-state index in [9.17, 15) is 26.7 Å². The average molecular weight is 461 g/mol. The number of amides is 1. The zero-order chi connectivity index (χ0) is 21.7. The summed E-state index contributed by atoms with van der Waals surface area (Å²) in [5, 5.41) is 2.34. The third-order valence-corrected chi connectivity index (χ3v) is 7.16. The fourth-order valence-corrected chi connectivity index (χ4v) is 5.04. The number of benzene rings is 1. The Kier molecular flexibility index (Phi) is 5.24. The lowest BCUT2D eigenvalue weighted by atomic mass is 9.91. The second-order valence-corrected chi connectivity index (χ2v) is 8.95. The molecule has 0 atom stereocenters. The number of rotatable bonds is 4. The Morgan fingerprint density at radius 2 is 1.83 bits per heavy atom. The molecule has 1 aromatic carbocycles. The van der Waals surface area contributed by atoms with Crippen molar-refractivity contribution in [3.63, 3.8) is 0 Å². The van der Waals surface area contributed by atoms with E-state index >= 15 is 0 Å². The van der Waals surface area contributed by atoms with Crippen LogP contribution in [0.2, 0.25) is 0 Å². The second kappa shape index (κ2) is 7.37. The van der Waals surface area contributed by atoms with Crippen molar-refractivity contribution < 1.29 is 26.7 Å². The minimum atomic E-state index is -4.96. The summed E-state index contributed by atoms with van der Waals surface area (Å²) in [6, 6.07) is 6.52. The topological polar surface area (TPSA) is 54.9 Å². The molecule has 2 aliphatic rings. The highest BCUT2D eigenvalue weighted by atomic mass is 32.2. The summed E-state index contributed by atoms with van der Waals surface area (Å²) >= 11 is 2.59. The van der Waals surface area contributed by atoms with Gasteiger partial charge < -0.3 is 5.32 Å². The number of aromatic nitrogens is 2. The number of fused-ring (bicyclic) bond motifs is 1. The van der Waals surface area contributed by atoms with E-state index < -0.39 is 23.5 Å². The van der Waals surface area contributed by atoms with Crippen molar-refractivity contribution in [3.05, 3.63) is 41.1 Å². The first-order chi connectivity index (χ1) is 14.1. The predicted molar refractivity (Wildman–Crippen MR) is 105 cm³/mol. The number of thioether (sulfide) groups is 2. The fraction of sp³-hybridized carbons (Fsp3) is 0.421. The fourth-order valence-electron chi connectivity index (χ4n) is 3.59. The second-order valence-electron chi connectivity index (χ2n) is 7.19. The SMILES string of the molecule is CSc1nc(-c2ccc(C3(NC(=O)C(F)(F)F)CSC3)cc2)c2c(n1)C(F)(F)CC2. The van der Waals surface area contributed by atoms with Gasteiger partial charge in [-0.3, -0.25) is 4.79 Å². The minimum absolute atomic E-state index is 0.149. The van der Waals surface area contributed by atoms with Crippen LogP contribution in [0, 0.1) is 0 Å². The van der Waals surface area contributed by atoms with Crippen LogP contribution < -0.4 is 5.32 Å². The molecule has 4 rings (SSSR count). The maximum Gasteiger partial charge on any atom is 0.471 e. The van der Waals surface area contributed by atoms with Crippen molar-refractivity contribution >= 4 is 29.4 Å². The van der Waals surface area contributed by atoms with Crippen LogP contribution in [0.15, 0.2) is 29.4 Å². The maximum absolute atomic E-state index is 14.2. The molecule has 0 bridgehead atoms. The van der Waals surface area contributed by atoms with Gasteiger partial charge in [-0.15, -0.1) is 0 Å². The van der Waals surface area contributed by atoms with Crippen LogP contribution in [0.25, 0.3) is 11.3 Å². The van der Waals surface area contributed by atoms with Crippen molar-refractivity contribution in [2.45, 2.75) is 35.6 Å². The third kappa shape index (κ3) is 3.66. The highest BCUT2D eigenvalue weighted by Gasteiger charge is 2.48. The Bertz CT molecular complexity index is 991. The van der Waals surface area contributed by atoms with E-state index in [4.69, 9.17) is 0 Å². The Morgan fingerprint density at radius 3 is 2.37 bits per heavy atom. The van der Waals surface area contributed by atoms with Gasteiger partial charge in [0.05, 0.1) is 11.2 Å². The van der Waals surface area contributed by atoms with Crippen LogP contribution in [0.4, 0.5) is 22.0 Å². The summed E-state index contributed by atoms with van der Waals surface area (Å²) in [5.74, 6) is -4.35. The molecule has 1 N–H and O–H groups in total. The van der Waals surface area contributed by atoms with Crippen LogP contribution in [0.5, 0.6) is 0 Å². The first kappa shape index (κ1) is 21.4. The summed E-state index contributed by atoms with van der Waals surface area (Å²) in [4.78, 5) is 19.9. The summed E-state index contributed by atoms with van der Waals surface area (Å²) in [6.45, 7) is 0. The zero-order valence-corrected chi connectivity index (χ0v) is 17.3. The van der Waals surface area contributed by atoms with Gasteiger partial charge in [-0.25, -0.2) is 9.97 Å². The Balaban J connectivity index is 1.68. The van der Waals surface area contributed by atoms with E-state index in [1.165, 1.54) is 11.8 Å². The largest absolute Gasteiger partial charge is 0.471 e. The molecular weight excluding hydrogens is 445 g/mol. The first-order valence-electron chi connectivity index (χ1n) is 8.97. The van der Waals surface area contributed by atoms with Crippen molar-refractivity contribution in [1.29, 1.82) is 0 Å². The summed E-state index contributed by atoms with van der Waals surface area (Å²) < 4.78 is 66.5. The standard InChI is InChI=1S/C19H16F5N3OS2/c1-29-16-25-13(12-6-7-18(20,21)14(12)26-16)10-2-4-11(5-3-10)17(8-30-9-17)27-15(28)19(22,23)24/h2-5H,6-9H2,1H3,(H,27,28). The van der Waals surface area contributed by atoms with Crippen molar-refractivity contribution in [1.82, 2.24) is 15.3 Å². The van der Waals surface area contributed by atoms with Gasteiger partial charge in [0.2, 0.25) is 0 Å². The molecule has 1 aliphatic carbocycles. The molecule has 0 radical (unpaired) electrons. The van der Waals surface area contributed by atoms with Gasteiger partial charge in [0.15, 0.2) is 5.16 Å². The monoisotopic (exact) mass is 461 g/mol. The van der Waals surface area contributed by atoms with Gasteiger partial charge in [-0.1, -0.05) is 36.0 Å². The maximum atomic E-state index is 14.2. The van der Waals surface area contributed by atoms with Crippen molar-refractivity contribution in [3.8, 4) is 11.3 Å². The number of hydrogen-bond acceptors (Lipinski definition) is 5. The normalized spacial score (nSPS) is 19.1. The van der Waals surface area contributed by atoms with Crippen LogP contribution in [-0.4, -0.2) is 39.8 Å². The Labute approximate surface area is 177 Å². The molecule has 1 fully saturated rings. The molecule has 160 valence electrons. The molecule has 1 amide bonds. The number of nitrogens with zero attached hydrogens (tertiary/aromatic N) is 2. The average Bonchev–Trinajstić information content (AvgIpc) is 2.98. The smallest absolute Gasteiger partial charge is 0.337 e. The summed E-state index contributed by atoms with van der Waals surface area (Å²) in [5.41, 5.74) is 0.554. The quantitative estimate of drug-likeness (QED) is 0.412. The van der Waals surface area contributed by atoms with Gasteiger partial charge in [0, 0.05) is 29.1 Å². The molecule has 1 aliphatic heterocycles. The predicted octanol–water partition coefficient (Wildman–Crippen LogP) is 4.52. The number of alkyl halides is 5. The number of carbonyl (C=O) groups excluding carboxylic acids is 1. The van der Waals surface area contributed by atoms with E-state index in [2.05, 4.69) is 15.3 Å². The molecule has 30 heavy (non-hydrogen) atoms. The van der Waals surface area contributed by atoms with Crippen molar-refractivity contribution in [2.75, 3.05) is 17.8 Å². The van der Waals surface area contributed by atoms with Gasteiger partial charge >= 0.3 is 12.1 Å². The van der Waals surface area contributed by atoms with Crippen LogP contribution in [0.1, 0.15) is 23.2 Å². The van der Waals surface area contributed by atoms with Gasteiger partial charge in [-0.05, 0) is 18.2 Å². The number of hydrogen-bond donors (Lipinski definition) is 1. The molecule has 0 unspecified atom stereocenters. The molecular formula is C19H16F5N3OS2. The van der Waals surface area contributed by atoms with Gasteiger partial charge in [0.1, 0.15) is 5.69 Å². The van der Waals surface area contributed by atoms with E-state index in [-0.39, 0.29) is 23.7 Å². The lowest BCUT2D eigenvalue weighted by molar-refractivity contribution is -0.175. The van der Waals surface area contributed by atoms with Crippen LogP contribution >= 0.6 is 23.5 Å². The summed E-state index contributed by atoms with van der Waals surface area (Å²) in [6.07, 6.45) is -3.45. The number of halogens is 5. The molecule has 0 spiro atoms. The molecule has 2 heterocycles. The van der Waals surface area contributed by atoms with E-state index in [1.807, 2.05) is 0 Å².